The molecule has 4 nitrogen and oxygen atoms in total. The van der Waals surface area contributed by atoms with Crippen LogP contribution < -0.4 is 5.32 Å². The van der Waals surface area contributed by atoms with Gasteiger partial charge in [-0.25, -0.2) is 0 Å². The van der Waals surface area contributed by atoms with Gasteiger partial charge >= 0.3 is 0 Å². The van der Waals surface area contributed by atoms with Gasteiger partial charge in [0.15, 0.2) is 0 Å². The molecule has 1 saturated heterocycles. The summed E-state index contributed by atoms with van der Waals surface area (Å²) in [5, 5.41) is 4.97. The van der Waals surface area contributed by atoms with E-state index in [9.17, 15) is 4.79 Å². The average molecular weight is 342 g/mol. The number of nitrogens with one attached hydrogen (secondary N) is 1. The maximum atomic E-state index is 12.0. The SMILES string of the molecule is O=C(/C=C/c1cccs1)NCc1ccccc1CN1CCOCC1. The van der Waals surface area contributed by atoms with E-state index in [0.29, 0.717) is 6.54 Å². The zero-order valence-electron chi connectivity index (χ0n) is 13.6. The van der Waals surface area contributed by atoms with Crippen molar-refractivity contribution in [1.82, 2.24) is 10.2 Å². The Morgan fingerprint density at radius 3 is 2.71 bits per heavy atom. The smallest absolute Gasteiger partial charge is 0.244 e. The minimum atomic E-state index is -0.0652. The van der Waals surface area contributed by atoms with Crippen molar-refractivity contribution in [2.24, 2.45) is 0 Å². The van der Waals surface area contributed by atoms with Crippen molar-refractivity contribution < 1.29 is 9.53 Å². The fraction of sp³-hybridized carbons (Fsp3) is 0.316. The van der Waals surface area contributed by atoms with Crippen LogP contribution in [0.4, 0.5) is 0 Å². The number of nitrogens with zero attached hydrogens (tertiary/aromatic N) is 1. The molecule has 1 N–H and O–H groups in total. The first-order chi connectivity index (χ1) is 11.8. The number of rotatable bonds is 6. The van der Waals surface area contributed by atoms with Crippen molar-refractivity contribution in [2.45, 2.75) is 13.1 Å². The summed E-state index contributed by atoms with van der Waals surface area (Å²) in [7, 11) is 0. The van der Waals surface area contributed by atoms with E-state index < -0.39 is 0 Å². The summed E-state index contributed by atoms with van der Waals surface area (Å²) in [6.07, 6.45) is 3.44. The average Bonchev–Trinajstić information content (AvgIpc) is 3.14. The van der Waals surface area contributed by atoms with Gasteiger partial charge in [-0.1, -0.05) is 30.3 Å². The summed E-state index contributed by atoms with van der Waals surface area (Å²) < 4.78 is 5.40. The highest BCUT2D eigenvalue weighted by Gasteiger charge is 2.12. The van der Waals surface area contributed by atoms with Crippen LogP contribution in [0.2, 0.25) is 0 Å². The third kappa shape index (κ3) is 5.03. The van der Waals surface area contributed by atoms with Gasteiger partial charge < -0.3 is 10.1 Å². The third-order valence-electron chi connectivity index (χ3n) is 4.01. The molecule has 1 aliphatic heterocycles. The first-order valence-corrected chi connectivity index (χ1v) is 9.05. The second-order valence-electron chi connectivity index (χ2n) is 5.72. The number of ether oxygens (including phenoxy) is 1. The van der Waals surface area contributed by atoms with Crippen LogP contribution in [-0.2, 0) is 22.6 Å². The van der Waals surface area contributed by atoms with E-state index in [1.165, 1.54) is 11.1 Å². The Bertz CT molecular complexity index is 676. The number of morpholine rings is 1. The van der Waals surface area contributed by atoms with Gasteiger partial charge in [0.1, 0.15) is 0 Å². The molecule has 2 heterocycles. The zero-order chi connectivity index (χ0) is 16.6. The fourth-order valence-electron chi connectivity index (χ4n) is 2.67. The summed E-state index contributed by atoms with van der Waals surface area (Å²) in [5.41, 5.74) is 2.43. The van der Waals surface area contributed by atoms with Crippen molar-refractivity contribution >= 4 is 23.3 Å². The van der Waals surface area contributed by atoms with Crippen molar-refractivity contribution in [1.29, 1.82) is 0 Å². The largest absolute Gasteiger partial charge is 0.379 e. The van der Waals surface area contributed by atoms with Gasteiger partial charge in [0.25, 0.3) is 0 Å². The van der Waals surface area contributed by atoms with Gasteiger partial charge in [-0.3, -0.25) is 9.69 Å². The number of amides is 1. The van der Waals surface area contributed by atoms with Crippen molar-refractivity contribution in [3.63, 3.8) is 0 Å². The molecule has 0 radical (unpaired) electrons. The van der Waals surface area contributed by atoms with Gasteiger partial charge in [0.2, 0.25) is 5.91 Å². The number of hydrogen-bond acceptors (Lipinski definition) is 4. The molecule has 0 spiro atoms. The Hall–Kier alpha value is -1.95. The summed E-state index contributed by atoms with van der Waals surface area (Å²) in [6.45, 7) is 4.97. The lowest BCUT2D eigenvalue weighted by atomic mass is 10.1. The van der Waals surface area contributed by atoms with E-state index in [2.05, 4.69) is 28.4 Å². The highest BCUT2D eigenvalue weighted by Crippen LogP contribution is 2.13. The van der Waals surface area contributed by atoms with E-state index in [-0.39, 0.29) is 5.91 Å². The van der Waals surface area contributed by atoms with E-state index in [1.54, 1.807) is 17.4 Å². The lowest BCUT2D eigenvalue weighted by molar-refractivity contribution is -0.116. The number of thiophene rings is 1. The van der Waals surface area contributed by atoms with Gasteiger partial charge in [-0.15, -0.1) is 11.3 Å². The minimum absolute atomic E-state index is 0.0652. The summed E-state index contributed by atoms with van der Waals surface area (Å²) >= 11 is 1.62. The lowest BCUT2D eigenvalue weighted by Gasteiger charge is -2.27. The molecular formula is C19H22N2O2S. The van der Waals surface area contributed by atoms with Crippen LogP contribution >= 0.6 is 11.3 Å². The van der Waals surface area contributed by atoms with E-state index >= 15 is 0 Å². The van der Waals surface area contributed by atoms with Crippen LogP contribution in [0.5, 0.6) is 0 Å². The maximum Gasteiger partial charge on any atom is 0.244 e. The Morgan fingerprint density at radius 1 is 1.17 bits per heavy atom. The summed E-state index contributed by atoms with van der Waals surface area (Å²) in [4.78, 5) is 15.5. The van der Waals surface area contributed by atoms with Gasteiger partial charge in [-0.05, 0) is 28.6 Å². The first-order valence-electron chi connectivity index (χ1n) is 8.17. The van der Waals surface area contributed by atoms with E-state index in [4.69, 9.17) is 4.74 Å². The van der Waals surface area contributed by atoms with Crippen LogP contribution in [-0.4, -0.2) is 37.1 Å². The normalized spacial score (nSPS) is 15.7. The molecule has 1 aromatic heterocycles. The molecule has 2 aromatic rings. The molecule has 0 unspecified atom stereocenters. The number of carbonyl (C=O) groups excluding carboxylic acids is 1. The molecule has 1 aromatic carbocycles. The first kappa shape index (κ1) is 16.9. The molecule has 0 bridgehead atoms. The molecule has 0 saturated carbocycles. The van der Waals surface area contributed by atoms with Gasteiger partial charge in [-0.2, -0.15) is 0 Å². The fourth-order valence-corrected chi connectivity index (χ4v) is 3.29. The van der Waals surface area contributed by atoms with Crippen LogP contribution in [0.1, 0.15) is 16.0 Å². The van der Waals surface area contributed by atoms with Crippen molar-refractivity contribution in [2.75, 3.05) is 26.3 Å². The van der Waals surface area contributed by atoms with E-state index in [0.717, 1.165) is 37.7 Å². The molecule has 1 fully saturated rings. The number of hydrogen-bond donors (Lipinski definition) is 1. The molecule has 0 atom stereocenters. The topological polar surface area (TPSA) is 41.6 Å². The van der Waals surface area contributed by atoms with Crippen molar-refractivity contribution in [3.05, 3.63) is 63.9 Å². The van der Waals surface area contributed by atoms with Crippen LogP contribution in [0.15, 0.2) is 47.9 Å². The summed E-state index contributed by atoms with van der Waals surface area (Å²) in [6, 6.07) is 12.3. The Labute approximate surface area is 146 Å². The standard InChI is InChI=1S/C19H22N2O2S/c22-19(8-7-18-6-3-13-24-18)20-14-16-4-1-2-5-17(16)15-21-9-11-23-12-10-21/h1-8,13H,9-12,14-15H2,(H,20,22)/b8-7+. The van der Waals surface area contributed by atoms with Crippen LogP contribution in [0.3, 0.4) is 0 Å². The number of carbonyl (C=O) groups is 1. The molecule has 1 aliphatic rings. The van der Waals surface area contributed by atoms with Crippen LogP contribution in [0, 0.1) is 0 Å². The van der Waals surface area contributed by atoms with Gasteiger partial charge in [0, 0.05) is 37.1 Å². The minimum Gasteiger partial charge on any atom is -0.379 e. The Kier molecular flexibility index (Phi) is 6.18. The molecule has 3 rings (SSSR count). The molecule has 126 valence electrons. The molecule has 1 amide bonds. The zero-order valence-corrected chi connectivity index (χ0v) is 14.4. The predicted octanol–water partition coefficient (Wildman–Crippen LogP) is 2.91. The van der Waals surface area contributed by atoms with Gasteiger partial charge in [0.05, 0.1) is 13.2 Å². The second kappa shape index (κ2) is 8.78. The monoisotopic (exact) mass is 342 g/mol. The molecule has 0 aliphatic carbocycles. The molecule has 24 heavy (non-hydrogen) atoms. The highest BCUT2D eigenvalue weighted by atomic mass is 32.1. The Morgan fingerprint density at radius 2 is 1.96 bits per heavy atom. The third-order valence-corrected chi connectivity index (χ3v) is 4.85. The maximum absolute atomic E-state index is 12.0. The van der Waals surface area contributed by atoms with Crippen molar-refractivity contribution in [3.8, 4) is 0 Å². The van der Waals surface area contributed by atoms with Crippen LogP contribution in [0.25, 0.3) is 6.08 Å². The molecular weight excluding hydrogens is 320 g/mol. The lowest BCUT2D eigenvalue weighted by Crippen LogP contribution is -2.36. The number of benzene rings is 1. The highest BCUT2D eigenvalue weighted by molar-refractivity contribution is 7.10. The van der Waals surface area contributed by atoms with E-state index in [1.807, 2.05) is 29.7 Å². The second-order valence-corrected chi connectivity index (χ2v) is 6.70. The summed E-state index contributed by atoms with van der Waals surface area (Å²) in [5.74, 6) is -0.0652. The predicted molar refractivity (Wildman–Crippen MR) is 97.7 cm³/mol. The Balaban J connectivity index is 1.55. The molecule has 5 heteroatoms. The quantitative estimate of drug-likeness (QED) is 0.821.